The first kappa shape index (κ1) is 20.5. The summed E-state index contributed by atoms with van der Waals surface area (Å²) in [6.07, 6.45) is 2.26. The SMILES string of the molecule is Cc1nn(-c2ccccc2)c(C)c1NC(=O)COC(=O)c1ccc(N2CCCC2)nn1. The molecule has 3 heterocycles. The van der Waals surface area contributed by atoms with Crippen molar-refractivity contribution in [3.05, 3.63) is 59.5 Å². The van der Waals surface area contributed by atoms with Gasteiger partial charge in [0.25, 0.3) is 5.91 Å². The summed E-state index contributed by atoms with van der Waals surface area (Å²) in [6, 6.07) is 13.0. The molecule has 0 unspecified atom stereocenters. The molecule has 1 fully saturated rings. The molecule has 1 N–H and O–H groups in total. The van der Waals surface area contributed by atoms with Crippen molar-refractivity contribution >= 4 is 23.4 Å². The molecule has 1 amide bonds. The highest BCUT2D eigenvalue weighted by molar-refractivity contribution is 5.95. The summed E-state index contributed by atoms with van der Waals surface area (Å²) in [7, 11) is 0. The van der Waals surface area contributed by atoms with Gasteiger partial charge < -0.3 is 15.0 Å². The normalized spacial score (nSPS) is 13.3. The number of benzene rings is 1. The van der Waals surface area contributed by atoms with Crippen molar-refractivity contribution in [1.82, 2.24) is 20.0 Å². The van der Waals surface area contributed by atoms with Crippen molar-refractivity contribution in [1.29, 1.82) is 0 Å². The number of nitrogens with zero attached hydrogens (tertiary/aromatic N) is 5. The predicted molar refractivity (Wildman–Crippen MR) is 115 cm³/mol. The van der Waals surface area contributed by atoms with Crippen molar-refractivity contribution in [3.63, 3.8) is 0 Å². The first-order valence-electron chi connectivity index (χ1n) is 10.2. The molecule has 0 saturated carbocycles. The second-order valence-electron chi connectivity index (χ2n) is 7.39. The molecular formula is C22H24N6O3. The molecule has 1 aliphatic heterocycles. The number of carbonyl (C=O) groups excluding carboxylic acids is 2. The summed E-state index contributed by atoms with van der Waals surface area (Å²) in [5, 5.41) is 15.3. The molecule has 3 aromatic rings. The van der Waals surface area contributed by atoms with Crippen LogP contribution in [0.2, 0.25) is 0 Å². The Hall–Kier alpha value is -3.75. The van der Waals surface area contributed by atoms with Crippen molar-refractivity contribution in [2.45, 2.75) is 26.7 Å². The molecule has 4 rings (SSSR count). The molecular weight excluding hydrogens is 396 g/mol. The standard InChI is InChI=1S/C22H24N6O3/c1-15-21(16(2)28(26-15)17-8-4-3-5-9-17)23-20(29)14-31-22(30)18-10-11-19(25-24-18)27-12-6-7-13-27/h3-5,8-11H,6-7,12-14H2,1-2H3,(H,23,29). The fraction of sp³-hybridized carbons (Fsp3) is 0.318. The maximum atomic E-state index is 12.4. The third kappa shape index (κ3) is 4.55. The Morgan fingerprint density at radius 2 is 1.77 bits per heavy atom. The molecule has 2 aromatic heterocycles. The summed E-state index contributed by atoms with van der Waals surface area (Å²) in [5.41, 5.74) is 3.02. The van der Waals surface area contributed by atoms with Gasteiger partial charge in [-0.1, -0.05) is 18.2 Å². The molecule has 1 saturated heterocycles. The molecule has 31 heavy (non-hydrogen) atoms. The van der Waals surface area contributed by atoms with E-state index in [1.807, 2.05) is 44.2 Å². The quantitative estimate of drug-likeness (QED) is 0.612. The van der Waals surface area contributed by atoms with Crippen LogP contribution in [0, 0.1) is 13.8 Å². The van der Waals surface area contributed by atoms with Gasteiger partial charge >= 0.3 is 5.97 Å². The zero-order chi connectivity index (χ0) is 21.8. The van der Waals surface area contributed by atoms with E-state index in [-0.39, 0.29) is 5.69 Å². The van der Waals surface area contributed by atoms with Gasteiger partial charge in [0.1, 0.15) is 0 Å². The number of hydrogen-bond donors (Lipinski definition) is 1. The van der Waals surface area contributed by atoms with Gasteiger partial charge in [-0.05, 0) is 51.0 Å². The Balaban J connectivity index is 1.35. The van der Waals surface area contributed by atoms with E-state index < -0.39 is 18.5 Å². The lowest BCUT2D eigenvalue weighted by Gasteiger charge is -2.15. The molecule has 0 atom stereocenters. The van der Waals surface area contributed by atoms with E-state index in [1.165, 1.54) is 0 Å². The van der Waals surface area contributed by atoms with Gasteiger partial charge in [-0.3, -0.25) is 4.79 Å². The number of ether oxygens (including phenoxy) is 1. The maximum absolute atomic E-state index is 12.4. The summed E-state index contributed by atoms with van der Waals surface area (Å²) >= 11 is 0. The first-order chi connectivity index (χ1) is 15.0. The Morgan fingerprint density at radius 1 is 1.03 bits per heavy atom. The molecule has 0 bridgehead atoms. The van der Waals surface area contributed by atoms with Crippen LogP contribution >= 0.6 is 0 Å². The van der Waals surface area contributed by atoms with E-state index in [9.17, 15) is 9.59 Å². The smallest absolute Gasteiger partial charge is 0.359 e. The van der Waals surface area contributed by atoms with Crippen molar-refractivity contribution in [3.8, 4) is 5.69 Å². The monoisotopic (exact) mass is 420 g/mol. The lowest BCUT2D eigenvalue weighted by molar-refractivity contribution is -0.119. The van der Waals surface area contributed by atoms with Crippen LogP contribution < -0.4 is 10.2 Å². The van der Waals surface area contributed by atoms with E-state index >= 15 is 0 Å². The van der Waals surface area contributed by atoms with Crippen LogP contribution in [0.4, 0.5) is 11.5 Å². The van der Waals surface area contributed by atoms with E-state index in [4.69, 9.17) is 4.74 Å². The molecule has 0 aliphatic carbocycles. The molecule has 0 radical (unpaired) electrons. The minimum absolute atomic E-state index is 0.0694. The Bertz CT molecular complexity index is 1070. The van der Waals surface area contributed by atoms with Gasteiger partial charge in [-0.15, -0.1) is 10.2 Å². The number of anilines is 2. The van der Waals surface area contributed by atoms with Gasteiger partial charge in [0.05, 0.1) is 22.8 Å². The Morgan fingerprint density at radius 3 is 2.45 bits per heavy atom. The number of nitrogens with one attached hydrogen (secondary N) is 1. The number of para-hydroxylation sites is 1. The molecule has 9 nitrogen and oxygen atoms in total. The molecule has 9 heteroatoms. The summed E-state index contributed by atoms with van der Waals surface area (Å²) in [5.74, 6) is -0.397. The summed E-state index contributed by atoms with van der Waals surface area (Å²) in [4.78, 5) is 26.7. The second kappa shape index (κ2) is 8.95. The third-order valence-corrected chi connectivity index (χ3v) is 5.18. The zero-order valence-electron chi connectivity index (χ0n) is 17.5. The van der Waals surface area contributed by atoms with Crippen LogP contribution in [0.15, 0.2) is 42.5 Å². The van der Waals surface area contributed by atoms with Crippen molar-refractivity contribution in [2.75, 3.05) is 29.9 Å². The van der Waals surface area contributed by atoms with Crippen LogP contribution in [0.3, 0.4) is 0 Å². The van der Waals surface area contributed by atoms with Gasteiger partial charge in [-0.2, -0.15) is 5.10 Å². The largest absolute Gasteiger partial charge is 0.451 e. The number of hydrogen-bond acceptors (Lipinski definition) is 7. The minimum Gasteiger partial charge on any atom is -0.451 e. The maximum Gasteiger partial charge on any atom is 0.359 e. The third-order valence-electron chi connectivity index (χ3n) is 5.18. The minimum atomic E-state index is -0.691. The molecule has 160 valence electrons. The Labute approximate surface area is 180 Å². The highest BCUT2D eigenvalue weighted by Crippen LogP contribution is 2.22. The molecule has 0 spiro atoms. The van der Waals surface area contributed by atoms with Gasteiger partial charge in [0.15, 0.2) is 18.1 Å². The number of esters is 1. The van der Waals surface area contributed by atoms with E-state index in [0.717, 1.165) is 43.1 Å². The van der Waals surface area contributed by atoms with Crippen LogP contribution in [0.5, 0.6) is 0 Å². The number of rotatable bonds is 6. The molecule has 1 aliphatic rings. The van der Waals surface area contributed by atoms with Crippen molar-refractivity contribution in [2.24, 2.45) is 0 Å². The topological polar surface area (TPSA) is 102 Å². The lowest BCUT2D eigenvalue weighted by Crippen LogP contribution is -2.23. The van der Waals surface area contributed by atoms with Gasteiger partial charge in [0, 0.05) is 13.1 Å². The van der Waals surface area contributed by atoms with Crippen LogP contribution in [0.1, 0.15) is 34.7 Å². The highest BCUT2D eigenvalue weighted by Gasteiger charge is 2.18. The van der Waals surface area contributed by atoms with Gasteiger partial charge in [0.2, 0.25) is 0 Å². The van der Waals surface area contributed by atoms with E-state index in [0.29, 0.717) is 11.4 Å². The van der Waals surface area contributed by atoms with E-state index in [2.05, 4.69) is 25.5 Å². The average Bonchev–Trinajstić information content (AvgIpc) is 3.43. The lowest BCUT2D eigenvalue weighted by atomic mass is 10.3. The number of carbonyl (C=O) groups is 2. The summed E-state index contributed by atoms with van der Waals surface area (Å²) in [6.45, 7) is 5.14. The fourth-order valence-corrected chi connectivity index (χ4v) is 3.57. The summed E-state index contributed by atoms with van der Waals surface area (Å²) < 4.78 is 6.86. The van der Waals surface area contributed by atoms with Gasteiger partial charge in [-0.25, -0.2) is 9.48 Å². The second-order valence-corrected chi connectivity index (χ2v) is 7.39. The molecule has 1 aromatic carbocycles. The van der Waals surface area contributed by atoms with E-state index in [1.54, 1.807) is 16.8 Å². The van der Waals surface area contributed by atoms with Crippen LogP contribution in [-0.4, -0.2) is 51.6 Å². The average molecular weight is 420 g/mol. The zero-order valence-corrected chi connectivity index (χ0v) is 17.5. The van der Waals surface area contributed by atoms with Crippen LogP contribution in [0.25, 0.3) is 5.69 Å². The van der Waals surface area contributed by atoms with Crippen LogP contribution in [-0.2, 0) is 9.53 Å². The first-order valence-corrected chi connectivity index (χ1v) is 10.2. The predicted octanol–water partition coefficient (Wildman–Crippen LogP) is 2.67. The van der Waals surface area contributed by atoms with Crippen molar-refractivity contribution < 1.29 is 14.3 Å². The Kier molecular flexibility index (Phi) is 5.92. The highest BCUT2D eigenvalue weighted by atomic mass is 16.5. The number of aromatic nitrogens is 4. The number of aryl methyl sites for hydroxylation is 1. The fourth-order valence-electron chi connectivity index (χ4n) is 3.57. The number of amides is 1.